The molecule has 0 spiro atoms. The Morgan fingerprint density at radius 2 is 1.90 bits per heavy atom. The number of aliphatic carboxylic acids is 1. The molecular weight excluding hydrogens is 342 g/mol. The third-order valence-electron chi connectivity index (χ3n) is 2.88. The molecule has 20 heavy (non-hydrogen) atoms. The highest BCUT2D eigenvalue weighted by molar-refractivity contribution is 9.10. The zero-order valence-corrected chi connectivity index (χ0v) is 13.1. The second-order valence-electron chi connectivity index (χ2n) is 4.45. The van der Waals surface area contributed by atoms with Gasteiger partial charge in [-0.25, -0.2) is 4.79 Å². The van der Waals surface area contributed by atoms with Crippen LogP contribution in [-0.2, 0) is 4.79 Å². The first-order valence-electron chi connectivity index (χ1n) is 5.98. The van der Waals surface area contributed by atoms with Crippen molar-refractivity contribution >= 4 is 39.2 Å². The summed E-state index contributed by atoms with van der Waals surface area (Å²) in [6.45, 7) is 1.98. The number of aryl methyl sites for hydroxylation is 1. The molecule has 2 rings (SSSR count). The van der Waals surface area contributed by atoms with Gasteiger partial charge in [-0.3, -0.25) is 0 Å². The SMILES string of the molecule is Cc1ccc(NC(C(=O)O)c2cc(Br)ccc2Cl)cc1. The van der Waals surface area contributed by atoms with Crippen LogP contribution in [0.5, 0.6) is 0 Å². The Bertz CT molecular complexity index is 628. The molecule has 1 unspecified atom stereocenters. The molecule has 0 aromatic heterocycles. The van der Waals surface area contributed by atoms with Gasteiger partial charge in [-0.2, -0.15) is 0 Å². The largest absolute Gasteiger partial charge is 0.479 e. The fourth-order valence-electron chi connectivity index (χ4n) is 1.82. The van der Waals surface area contributed by atoms with Crippen molar-refractivity contribution in [3.8, 4) is 0 Å². The summed E-state index contributed by atoms with van der Waals surface area (Å²) in [5.74, 6) is -0.981. The smallest absolute Gasteiger partial charge is 0.330 e. The molecule has 0 fully saturated rings. The summed E-state index contributed by atoms with van der Waals surface area (Å²) in [7, 11) is 0. The van der Waals surface area contributed by atoms with E-state index in [9.17, 15) is 9.90 Å². The molecule has 0 radical (unpaired) electrons. The van der Waals surface area contributed by atoms with E-state index < -0.39 is 12.0 Å². The number of hydrogen-bond donors (Lipinski definition) is 2. The lowest BCUT2D eigenvalue weighted by Gasteiger charge is -2.18. The zero-order valence-electron chi connectivity index (χ0n) is 10.7. The molecule has 0 heterocycles. The molecule has 0 saturated heterocycles. The molecule has 104 valence electrons. The van der Waals surface area contributed by atoms with E-state index in [1.54, 1.807) is 18.2 Å². The predicted molar refractivity (Wildman–Crippen MR) is 84.3 cm³/mol. The molecule has 0 amide bonds. The van der Waals surface area contributed by atoms with Gasteiger partial charge in [0.15, 0.2) is 6.04 Å². The number of carboxylic acid groups (broad SMARTS) is 1. The van der Waals surface area contributed by atoms with Gasteiger partial charge in [0.05, 0.1) is 0 Å². The summed E-state index contributed by atoms with van der Waals surface area (Å²) in [4.78, 5) is 11.5. The Morgan fingerprint density at radius 3 is 2.50 bits per heavy atom. The summed E-state index contributed by atoms with van der Waals surface area (Å²) in [5.41, 5.74) is 2.37. The van der Waals surface area contributed by atoms with E-state index in [0.29, 0.717) is 10.6 Å². The van der Waals surface area contributed by atoms with Crippen LogP contribution in [0.4, 0.5) is 5.69 Å². The Labute approximate surface area is 130 Å². The third-order valence-corrected chi connectivity index (χ3v) is 3.72. The van der Waals surface area contributed by atoms with Crippen LogP contribution in [0.15, 0.2) is 46.9 Å². The van der Waals surface area contributed by atoms with E-state index in [2.05, 4.69) is 21.2 Å². The standard InChI is InChI=1S/C15H13BrClNO2/c1-9-2-5-11(6-3-9)18-14(15(19)20)12-8-10(16)4-7-13(12)17/h2-8,14,18H,1H3,(H,19,20). The first kappa shape index (κ1) is 14.9. The van der Waals surface area contributed by atoms with Crippen LogP contribution in [0, 0.1) is 6.92 Å². The topological polar surface area (TPSA) is 49.3 Å². The Kier molecular flexibility index (Phi) is 4.68. The highest BCUT2D eigenvalue weighted by Gasteiger charge is 2.22. The highest BCUT2D eigenvalue weighted by atomic mass is 79.9. The average molecular weight is 355 g/mol. The van der Waals surface area contributed by atoms with Crippen molar-refractivity contribution in [2.45, 2.75) is 13.0 Å². The first-order valence-corrected chi connectivity index (χ1v) is 7.15. The van der Waals surface area contributed by atoms with E-state index in [-0.39, 0.29) is 0 Å². The number of benzene rings is 2. The van der Waals surface area contributed by atoms with Crippen molar-refractivity contribution in [1.29, 1.82) is 0 Å². The summed E-state index contributed by atoms with van der Waals surface area (Å²) in [6, 6.07) is 11.8. The number of carbonyl (C=O) groups is 1. The van der Waals surface area contributed by atoms with E-state index in [0.717, 1.165) is 15.7 Å². The summed E-state index contributed by atoms with van der Waals surface area (Å²) >= 11 is 9.43. The number of hydrogen-bond acceptors (Lipinski definition) is 2. The number of rotatable bonds is 4. The van der Waals surface area contributed by atoms with Crippen molar-refractivity contribution in [1.82, 2.24) is 0 Å². The minimum Gasteiger partial charge on any atom is -0.479 e. The van der Waals surface area contributed by atoms with Crippen LogP contribution in [0.25, 0.3) is 0 Å². The molecule has 3 nitrogen and oxygen atoms in total. The van der Waals surface area contributed by atoms with Crippen LogP contribution in [0.2, 0.25) is 5.02 Å². The summed E-state index contributed by atoms with van der Waals surface area (Å²) < 4.78 is 0.786. The van der Waals surface area contributed by atoms with Crippen molar-refractivity contribution in [2.24, 2.45) is 0 Å². The van der Waals surface area contributed by atoms with E-state index in [4.69, 9.17) is 11.6 Å². The molecule has 2 aromatic carbocycles. The van der Waals surface area contributed by atoms with Gasteiger partial charge in [0.25, 0.3) is 0 Å². The van der Waals surface area contributed by atoms with Gasteiger partial charge in [0.2, 0.25) is 0 Å². The minimum atomic E-state index is -0.981. The number of carboxylic acids is 1. The van der Waals surface area contributed by atoms with Gasteiger partial charge in [0, 0.05) is 20.7 Å². The molecule has 2 N–H and O–H groups in total. The summed E-state index contributed by atoms with van der Waals surface area (Å²) in [5, 5.41) is 12.8. The van der Waals surface area contributed by atoms with Crippen LogP contribution in [0.1, 0.15) is 17.2 Å². The molecule has 0 bridgehead atoms. The van der Waals surface area contributed by atoms with Gasteiger partial charge in [-0.05, 0) is 37.3 Å². The maximum Gasteiger partial charge on any atom is 0.330 e. The maximum absolute atomic E-state index is 11.5. The molecule has 0 aliphatic rings. The van der Waals surface area contributed by atoms with Crippen LogP contribution >= 0.6 is 27.5 Å². The molecular formula is C15H13BrClNO2. The second-order valence-corrected chi connectivity index (χ2v) is 5.77. The normalized spacial score (nSPS) is 11.9. The van der Waals surface area contributed by atoms with Gasteiger partial charge in [-0.15, -0.1) is 0 Å². The lowest BCUT2D eigenvalue weighted by Crippen LogP contribution is -2.20. The monoisotopic (exact) mass is 353 g/mol. The predicted octanol–water partition coefficient (Wildman–Crippen LogP) is 4.65. The molecule has 0 aliphatic heterocycles. The quantitative estimate of drug-likeness (QED) is 0.840. The van der Waals surface area contributed by atoms with Crippen LogP contribution in [-0.4, -0.2) is 11.1 Å². The molecule has 2 aromatic rings. The van der Waals surface area contributed by atoms with Crippen molar-refractivity contribution in [2.75, 3.05) is 5.32 Å². The molecule has 1 atom stereocenters. The first-order chi connectivity index (χ1) is 9.47. The fraction of sp³-hybridized carbons (Fsp3) is 0.133. The zero-order chi connectivity index (χ0) is 14.7. The van der Waals surface area contributed by atoms with E-state index in [1.165, 1.54) is 0 Å². The van der Waals surface area contributed by atoms with Gasteiger partial charge < -0.3 is 10.4 Å². The van der Waals surface area contributed by atoms with Gasteiger partial charge >= 0.3 is 5.97 Å². The lowest BCUT2D eigenvalue weighted by atomic mass is 10.1. The number of halogens is 2. The number of anilines is 1. The second kappa shape index (κ2) is 6.29. The van der Waals surface area contributed by atoms with E-state index >= 15 is 0 Å². The molecule has 0 saturated carbocycles. The Hall–Kier alpha value is -1.52. The summed E-state index contributed by atoms with van der Waals surface area (Å²) in [6.07, 6.45) is 0. The molecule has 0 aliphatic carbocycles. The minimum absolute atomic E-state index is 0.417. The van der Waals surface area contributed by atoms with Crippen molar-refractivity contribution in [3.63, 3.8) is 0 Å². The van der Waals surface area contributed by atoms with Crippen molar-refractivity contribution < 1.29 is 9.90 Å². The Balaban J connectivity index is 2.34. The van der Waals surface area contributed by atoms with Crippen LogP contribution < -0.4 is 5.32 Å². The lowest BCUT2D eigenvalue weighted by molar-refractivity contribution is -0.138. The number of nitrogens with one attached hydrogen (secondary N) is 1. The average Bonchev–Trinajstić information content (AvgIpc) is 2.41. The van der Waals surface area contributed by atoms with Crippen molar-refractivity contribution in [3.05, 3.63) is 63.1 Å². The fourth-order valence-corrected chi connectivity index (χ4v) is 2.43. The van der Waals surface area contributed by atoms with Crippen LogP contribution in [0.3, 0.4) is 0 Å². The highest BCUT2D eigenvalue weighted by Crippen LogP contribution is 2.29. The maximum atomic E-state index is 11.5. The van der Waals surface area contributed by atoms with Gasteiger partial charge in [0.1, 0.15) is 0 Å². The van der Waals surface area contributed by atoms with E-state index in [1.807, 2.05) is 31.2 Å². The third kappa shape index (κ3) is 3.52. The van der Waals surface area contributed by atoms with Gasteiger partial charge in [-0.1, -0.05) is 45.2 Å². The Morgan fingerprint density at radius 1 is 1.25 bits per heavy atom. The molecule has 5 heteroatoms.